The second-order valence-electron chi connectivity index (χ2n) is 5.66. The Hall–Kier alpha value is -1.36. The highest BCUT2D eigenvalue weighted by Crippen LogP contribution is 2.42. The molecule has 0 aromatic rings. The van der Waals surface area contributed by atoms with Crippen LogP contribution in [0.25, 0.3) is 0 Å². The Balaban J connectivity index is 2.00. The molecule has 0 radical (unpaired) electrons. The van der Waals surface area contributed by atoms with E-state index in [1.165, 1.54) is 19.0 Å². The van der Waals surface area contributed by atoms with Crippen LogP contribution in [0, 0.1) is 5.41 Å². The van der Waals surface area contributed by atoms with Crippen molar-refractivity contribution in [3.8, 4) is 0 Å². The molecule has 1 spiro atoms. The molecular weight excluding hydrogens is 228 g/mol. The van der Waals surface area contributed by atoms with E-state index in [-0.39, 0.29) is 5.91 Å². The number of carbonyl (C=O) groups is 1. The zero-order valence-electron chi connectivity index (χ0n) is 10.6. The highest BCUT2D eigenvalue weighted by molar-refractivity contribution is 6.04. The van der Waals surface area contributed by atoms with Crippen LogP contribution in [0.5, 0.6) is 0 Å². The fourth-order valence-electron chi connectivity index (χ4n) is 3.85. The molecule has 1 saturated carbocycles. The first-order valence-corrected chi connectivity index (χ1v) is 6.86. The van der Waals surface area contributed by atoms with Gasteiger partial charge in [0.05, 0.1) is 6.54 Å². The summed E-state index contributed by atoms with van der Waals surface area (Å²) in [4.78, 5) is 14.4. The number of nitrogens with zero attached hydrogens (tertiary/aromatic N) is 1. The van der Waals surface area contributed by atoms with E-state index in [0.717, 1.165) is 31.4 Å². The van der Waals surface area contributed by atoms with Crippen LogP contribution in [-0.2, 0) is 4.79 Å². The van der Waals surface area contributed by atoms with Gasteiger partial charge in [0.1, 0.15) is 5.84 Å². The van der Waals surface area contributed by atoms with Crippen LogP contribution in [0.2, 0.25) is 0 Å². The van der Waals surface area contributed by atoms with Gasteiger partial charge >= 0.3 is 5.91 Å². The Morgan fingerprint density at radius 3 is 2.72 bits per heavy atom. The number of hydrogen-bond acceptors (Lipinski definition) is 3. The van der Waals surface area contributed by atoms with E-state index in [1.54, 1.807) is 5.32 Å². The Morgan fingerprint density at radius 2 is 2.17 bits per heavy atom. The highest BCUT2D eigenvalue weighted by atomic mass is 16.2. The molecule has 5 N–H and O–H groups in total. The van der Waals surface area contributed by atoms with Crippen LogP contribution < -0.4 is 11.1 Å². The predicted octanol–water partition coefficient (Wildman–Crippen LogP) is -0.313. The number of rotatable bonds is 1. The zero-order valence-corrected chi connectivity index (χ0v) is 10.6. The molecule has 1 unspecified atom stereocenters. The fraction of sp³-hybridized carbons (Fsp3) is 0.692. The minimum atomic E-state index is -0.461. The molecule has 0 aromatic heterocycles. The molecule has 98 valence electrons. The van der Waals surface area contributed by atoms with Crippen molar-refractivity contribution in [2.24, 2.45) is 5.73 Å². The molecule has 2 saturated heterocycles. The lowest BCUT2D eigenvalue weighted by Crippen LogP contribution is -2.87. The van der Waals surface area contributed by atoms with Gasteiger partial charge in [-0.15, -0.1) is 0 Å². The second kappa shape index (κ2) is 4.09. The largest absolute Gasteiger partial charge is 0.404 e. The van der Waals surface area contributed by atoms with Crippen molar-refractivity contribution in [3.63, 3.8) is 0 Å². The molecule has 2 aliphatic heterocycles. The molecule has 3 fully saturated rings. The molecule has 18 heavy (non-hydrogen) atoms. The maximum atomic E-state index is 12.3. The topological polar surface area (TPSA) is 86.8 Å². The number of amidine groups is 1. The molecular formula is C13H21N4O+. The quantitative estimate of drug-likeness (QED) is 0.595. The molecule has 0 aromatic carbocycles. The van der Waals surface area contributed by atoms with Gasteiger partial charge < -0.3 is 10.6 Å². The van der Waals surface area contributed by atoms with E-state index in [1.807, 2.05) is 0 Å². The van der Waals surface area contributed by atoms with Gasteiger partial charge in [-0.05, 0) is 12.8 Å². The summed E-state index contributed by atoms with van der Waals surface area (Å²) in [5.41, 5.74) is 6.01. The SMILES string of the molecule is N=C1C(=CN)CC2(CC[NH2+]C2=O)N1C1CCCC1. The summed E-state index contributed by atoms with van der Waals surface area (Å²) in [7, 11) is 0. The number of carbonyl (C=O) groups excluding carboxylic acids is 1. The number of hydrogen-bond donors (Lipinski definition) is 3. The Kier molecular flexibility index (Phi) is 2.66. The number of quaternary nitrogens is 1. The minimum Gasteiger partial charge on any atom is -0.404 e. The van der Waals surface area contributed by atoms with E-state index in [9.17, 15) is 4.79 Å². The molecule has 1 aliphatic carbocycles. The van der Waals surface area contributed by atoms with E-state index in [4.69, 9.17) is 11.1 Å². The van der Waals surface area contributed by atoms with Gasteiger partial charge in [-0.25, -0.2) is 4.79 Å². The van der Waals surface area contributed by atoms with Crippen LogP contribution in [0.15, 0.2) is 11.8 Å². The summed E-state index contributed by atoms with van der Waals surface area (Å²) < 4.78 is 0. The standard InChI is InChI=1S/C13H20N4O/c14-8-9-7-13(5-6-16-12(13)18)17(11(9)15)10-3-1-2-4-10/h8,10,15H,1-7,14H2,(H,16,18)/p+1. The molecule has 3 aliphatic rings. The third-order valence-electron chi connectivity index (χ3n) is 4.73. The van der Waals surface area contributed by atoms with Crippen molar-refractivity contribution in [1.82, 2.24) is 4.90 Å². The Morgan fingerprint density at radius 1 is 1.44 bits per heavy atom. The molecule has 3 rings (SSSR count). The summed E-state index contributed by atoms with van der Waals surface area (Å²) in [6.07, 6.45) is 7.64. The minimum absolute atomic E-state index is 0.205. The van der Waals surface area contributed by atoms with E-state index >= 15 is 0 Å². The third kappa shape index (κ3) is 1.43. The maximum absolute atomic E-state index is 12.3. The lowest BCUT2D eigenvalue weighted by atomic mass is 9.91. The Bertz CT molecular complexity index is 425. The van der Waals surface area contributed by atoms with Gasteiger partial charge in [0.2, 0.25) is 0 Å². The van der Waals surface area contributed by atoms with Crippen LogP contribution in [-0.4, -0.2) is 34.8 Å². The van der Waals surface area contributed by atoms with Gasteiger partial charge in [0.25, 0.3) is 0 Å². The number of amides is 1. The molecule has 2 heterocycles. The summed E-state index contributed by atoms with van der Waals surface area (Å²) in [5, 5.41) is 10.1. The number of nitrogens with two attached hydrogens (primary N) is 2. The third-order valence-corrected chi connectivity index (χ3v) is 4.73. The average Bonchev–Trinajstić information content (AvgIpc) is 3.03. The average molecular weight is 249 g/mol. The number of likely N-dealkylation sites (tertiary alicyclic amines) is 1. The Labute approximate surface area is 107 Å². The van der Waals surface area contributed by atoms with Crippen LogP contribution in [0.3, 0.4) is 0 Å². The van der Waals surface area contributed by atoms with Crippen molar-refractivity contribution in [2.45, 2.75) is 50.1 Å². The smallest absolute Gasteiger partial charge is 0.336 e. The van der Waals surface area contributed by atoms with Crippen molar-refractivity contribution in [3.05, 3.63) is 11.8 Å². The second-order valence-corrected chi connectivity index (χ2v) is 5.66. The van der Waals surface area contributed by atoms with Crippen molar-refractivity contribution in [1.29, 1.82) is 5.41 Å². The van der Waals surface area contributed by atoms with E-state index in [2.05, 4.69) is 4.90 Å². The monoisotopic (exact) mass is 249 g/mol. The van der Waals surface area contributed by atoms with E-state index in [0.29, 0.717) is 18.3 Å². The maximum Gasteiger partial charge on any atom is 0.336 e. The van der Waals surface area contributed by atoms with Gasteiger partial charge in [-0.1, -0.05) is 12.8 Å². The summed E-state index contributed by atoms with van der Waals surface area (Å²) >= 11 is 0. The van der Waals surface area contributed by atoms with Gasteiger partial charge in [-0.3, -0.25) is 10.7 Å². The number of nitrogens with one attached hydrogen (secondary N) is 1. The molecule has 5 heteroatoms. The summed E-state index contributed by atoms with van der Waals surface area (Å²) in [6, 6.07) is 0.366. The zero-order chi connectivity index (χ0) is 12.8. The van der Waals surface area contributed by atoms with Crippen molar-refractivity contribution >= 4 is 11.7 Å². The first kappa shape index (κ1) is 11.7. The van der Waals surface area contributed by atoms with Crippen LogP contribution in [0.4, 0.5) is 0 Å². The first-order chi connectivity index (χ1) is 8.69. The van der Waals surface area contributed by atoms with Gasteiger partial charge in [-0.2, -0.15) is 0 Å². The summed E-state index contributed by atoms with van der Waals surface area (Å²) in [5.74, 6) is 0.698. The summed E-state index contributed by atoms with van der Waals surface area (Å²) in [6.45, 7) is 0.840. The lowest BCUT2D eigenvalue weighted by Gasteiger charge is -2.36. The fourth-order valence-corrected chi connectivity index (χ4v) is 3.85. The van der Waals surface area contributed by atoms with Crippen molar-refractivity contribution in [2.75, 3.05) is 6.54 Å². The predicted molar refractivity (Wildman–Crippen MR) is 67.9 cm³/mol. The highest BCUT2D eigenvalue weighted by Gasteiger charge is 2.59. The van der Waals surface area contributed by atoms with Crippen molar-refractivity contribution < 1.29 is 10.1 Å². The molecule has 5 nitrogen and oxygen atoms in total. The van der Waals surface area contributed by atoms with Crippen LogP contribution in [0.1, 0.15) is 38.5 Å². The van der Waals surface area contributed by atoms with E-state index < -0.39 is 5.54 Å². The van der Waals surface area contributed by atoms with Gasteiger partial charge in [0, 0.05) is 30.7 Å². The van der Waals surface area contributed by atoms with Crippen LogP contribution >= 0.6 is 0 Å². The normalized spacial score (nSPS) is 35.6. The first-order valence-electron chi connectivity index (χ1n) is 6.86. The van der Waals surface area contributed by atoms with Gasteiger partial charge in [0.15, 0.2) is 5.54 Å². The molecule has 1 amide bonds. The number of primary amides is 1. The molecule has 0 bridgehead atoms. The lowest BCUT2D eigenvalue weighted by molar-refractivity contribution is -0.555. The molecule has 1 atom stereocenters.